The average Bonchev–Trinajstić information content (AvgIpc) is 2.64. The first-order chi connectivity index (χ1) is 12.9. The van der Waals surface area contributed by atoms with Crippen molar-refractivity contribution < 1.29 is 19.1 Å². The molecule has 6 nitrogen and oxygen atoms in total. The molecule has 0 saturated carbocycles. The van der Waals surface area contributed by atoms with E-state index >= 15 is 0 Å². The van der Waals surface area contributed by atoms with Crippen molar-refractivity contribution >= 4 is 11.9 Å². The first-order valence-electron chi connectivity index (χ1n) is 9.85. The van der Waals surface area contributed by atoms with Crippen molar-refractivity contribution in [3.63, 3.8) is 0 Å². The number of benzene rings is 1. The van der Waals surface area contributed by atoms with Gasteiger partial charge in [0.1, 0.15) is 5.75 Å². The summed E-state index contributed by atoms with van der Waals surface area (Å²) < 4.78 is 10.6. The Morgan fingerprint density at radius 1 is 0.963 bits per heavy atom. The van der Waals surface area contributed by atoms with Gasteiger partial charge in [-0.25, -0.2) is 0 Å². The third-order valence-corrected chi connectivity index (χ3v) is 4.23. The van der Waals surface area contributed by atoms with Crippen LogP contribution in [0.4, 0.5) is 0 Å². The Morgan fingerprint density at radius 3 is 2.11 bits per heavy atom. The smallest absolute Gasteiger partial charge is 0.307 e. The van der Waals surface area contributed by atoms with Crippen LogP contribution in [0.15, 0.2) is 24.3 Å². The highest BCUT2D eigenvalue weighted by atomic mass is 16.5. The van der Waals surface area contributed by atoms with Crippen LogP contribution in [0.2, 0.25) is 0 Å². The molecule has 0 saturated heterocycles. The third-order valence-electron chi connectivity index (χ3n) is 4.23. The molecule has 0 N–H and O–H groups in total. The van der Waals surface area contributed by atoms with Gasteiger partial charge >= 0.3 is 5.97 Å². The van der Waals surface area contributed by atoms with Crippen LogP contribution in [0.1, 0.15) is 51.4 Å². The molecular weight excluding hydrogens is 344 g/mol. The van der Waals surface area contributed by atoms with E-state index in [0.717, 1.165) is 25.4 Å². The van der Waals surface area contributed by atoms with Gasteiger partial charge in [0.25, 0.3) is 5.91 Å². The minimum absolute atomic E-state index is 0.0810. The number of hydrogen-bond acceptors (Lipinski definition) is 5. The second kappa shape index (κ2) is 12.3. The van der Waals surface area contributed by atoms with E-state index in [1.54, 1.807) is 36.1 Å². The maximum atomic E-state index is 13.0. The Morgan fingerprint density at radius 2 is 1.59 bits per heavy atom. The quantitative estimate of drug-likeness (QED) is 0.523. The van der Waals surface area contributed by atoms with Gasteiger partial charge in [-0.2, -0.15) is 0 Å². The molecule has 0 radical (unpaired) electrons. The monoisotopic (exact) mass is 378 g/mol. The van der Waals surface area contributed by atoms with E-state index < -0.39 is 0 Å². The first kappa shape index (κ1) is 23.0. The summed E-state index contributed by atoms with van der Waals surface area (Å²) in [4.78, 5) is 28.7. The van der Waals surface area contributed by atoms with Crippen molar-refractivity contribution in [2.75, 3.05) is 39.3 Å². The van der Waals surface area contributed by atoms with Gasteiger partial charge in [0.15, 0.2) is 0 Å². The van der Waals surface area contributed by atoms with Gasteiger partial charge in [-0.1, -0.05) is 13.8 Å². The van der Waals surface area contributed by atoms with Crippen LogP contribution in [0.25, 0.3) is 0 Å². The van der Waals surface area contributed by atoms with E-state index in [9.17, 15) is 9.59 Å². The van der Waals surface area contributed by atoms with Gasteiger partial charge in [-0.15, -0.1) is 0 Å². The fourth-order valence-electron chi connectivity index (χ4n) is 2.71. The Labute approximate surface area is 163 Å². The molecule has 0 aromatic heterocycles. The molecule has 1 rings (SSSR count). The third kappa shape index (κ3) is 8.43. The van der Waals surface area contributed by atoms with Gasteiger partial charge in [0.05, 0.1) is 19.1 Å². The molecule has 1 aromatic rings. The fourth-order valence-corrected chi connectivity index (χ4v) is 2.71. The van der Waals surface area contributed by atoms with Gasteiger partial charge in [0, 0.05) is 25.2 Å². The number of amides is 1. The molecule has 152 valence electrons. The van der Waals surface area contributed by atoms with Crippen molar-refractivity contribution in [3.05, 3.63) is 29.8 Å². The van der Waals surface area contributed by atoms with Crippen LogP contribution in [-0.4, -0.2) is 67.1 Å². The molecule has 0 unspecified atom stereocenters. The van der Waals surface area contributed by atoms with Crippen LogP contribution in [0, 0.1) is 0 Å². The molecule has 0 aliphatic heterocycles. The van der Waals surface area contributed by atoms with E-state index in [1.165, 1.54) is 0 Å². The number of likely N-dealkylation sites (N-methyl/N-ethyl adjacent to an activating group) is 1. The van der Waals surface area contributed by atoms with Gasteiger partial charge < -0.3 is 19.3 Å². The number of hydrogen-bond donors (Lipinski definition) is 0. The summed E-state index contributed by atoms with van der Waals surface area (Å²) in [7, 11) is 0. The summed E-state index contributed by atoms with van der Waals surface area (Å²) in [5, 5.41) is 0. The fraction of sp³-hybridized carbons (Fsp3) is 0.619. The second-order valence-corrected chi connectivity index (χ2v) is 6.57. The molecule has 0 fully saturated rings. The average molecular weight is 379 g/mol. The summed E-state index contributed by atoms with van der Waals surface area (Å²) in [6.07, 6.45) is 0.286. The molecule has 0 spiro atoms. The number of ether oxygens (including phenoxy) is 2. The number of rotatable bonds is 12. The number of esters is 1. The minimum Gasteiger partial charge on any atom is -0.491 e. The molecule has 0 bridgehead atoms. The lowest BCUT2D eigenvalue weighted by Gasteiger charge is -2.26. The van der Waals surface area contributed by atoms with E-state index in [4.69, 9.17) is 9.47 Å². The first-order valence-corrected chi connectivity index (χ1v) is 9.85. The van der Waals surface area contributed by atoms with Crippen LogP contribution in [-0.2, 0) is 9.53 Å². The van der Waals surface area contributed by atoms with E-state index in [0.29, 0.717) is 25.3 Å². The molecule has 0 aliphatic rings. The molecule has 1 amide bonds. The zero-order chi connectivity index (χ0) is 20.2. The molecule has 1 aromatic carbocycles. The Bertz CT molecular complexity index is 568. The predicted octanol–water partition coefficient (Wildman–Crippen LogP) is 3.21. The van der Waals surface area contributed by atoms with Crippen LogP contribution in [0.3, 0.4) is 0 Å². The molecule has 6 heteroatoms. The van der Waals surface area contributed by atoms with Crippen molar-refractivity contribution in [2.45, 2.75) is 47.1 Å². The van der Waals surface area contributed by atoms with E-state index in [2.05, 4.69) is 18.7 Å². The van der Waals surface area contributed by atoms with Crippen LogP contribution in [0.5, 0.6) is 5.75 Å². The standard InChI is InChI=1S/C21H34N2O4/c1-6-22(7-2)15-16-23(14-13-20(24)26-8-3)21(25)18-9-11-19(12-10-18)27-17(4)5/h9-12,17H,6-8,13-16H2,1-5H3. The van der Waals surface area contributed by atoms with Crippen molar-refractivity contribution in [2.24, 2.45) is 0 Å². The Kier molecular flexibility index (Phi) is 10.5. The maximum absolute atomic E-state index is 13.0. The van der Waals surface area contributed by atoms with E-state index in [-0.39, 0.29) is 24.4 Å². The number of nitrogens with zero attached hydrogens (tertiary/aromatic N) is 2. The van der Waals surface area contributed by atoms with Gasteiger partial charge in [-0.3, -0.25) is 9.59 Å². The summed E-state index contributed by atoms with van der Waals surface area (Å²) >= 11 is 0. The van der Waals surface area contributed by atoms with Gasteiger partial charge in [0.2, 0.25) is 0 Å². The summed E-state index contributed by atoms with van der Waals surface area (Å²) in [5.41, 5.74) is 0.592. The lowest BCUT2D eigenvalue weighted by atomic mass is 10.2. The zero-order valence-corrected chi connectivity index (χ0v) is 17.4. The minimum atomic E-state index is -0.279. The highest BCUT2D eigenvalue weighted by Crippen LogP contribution is 2.15. The van der Waals surface area contributed by atoms with Crippen molar-refractivity contribution in [3.8, 4) is 5.75 Å². The highest BCUT2D eigenvalue weighted by Gasteiger charge is 2.18. The summed E-state index contributed by atoms with van der Waals surface area (Å²) in [5.74, 6) is 0.379. The molecule has 27 heavy (non-hydrogen) atoms. The SMILES string of the molecule is CCOC(=O)CCN(CCN(CC)CC)C(=O)c1ccc(OC(C)C)cc1. The lowest BCUT2D eigenvalue weighted by molar-refractivity contribution is -0.143. The predicted molar refractivity (Wildman–Crippen MR) is 107 cm³/mol. The zero-order valence-electron chi connectivity index (χ0n) is 17.4. The molecular formula is C21H34N2O4. The topological polar surface area (TPSA) is 59.1 Å². The van der Waals surface area contributed by atoms with Crippen molar-refractivity contribution in [1.29, 1.82) is 0 Å². The summed E-state index contributed by atoms with van der Waals surface area (Å²) in [6.45, 7) is 13.8. The van der Waals surface area contributed by atoms with Gasteiger partial charge in [-0.05, 0) is 58.1 Å². The largest absolute Gasteiger partial charge is 0.491 e. The van der Waals surface area contributed by atoms with Crippen molar-refractivity contribution in [1.82, 2.24) is 9.80 Å². The molecule has 0 aliphatic carbocycles. The molecule has 0 heterocycles. The van der Waals surface area contributed by atoms with Crippen LogP contribution < -0.4 is 4.74 Å². The summed E-state index contributed by atoms with van der Waals surface area (Å²) in [6, 6.07) is 7.16. The maximum Gasteiger partial charge on any atom is 0.307 e. The van der Waals surface area contributed by atoms with Crippen LogP contribution >= 0.6 is 0 Å². The molecule has 0 atom stereocenters. The number of carbonyl (C=O) groups is 2. The van der Waals surface area contributed by atoms with E-state index in [1.807, 2.05) is 13.8 Å². The lowest BCUT2D eigenvalue weighted by Crippen LogP contribution is -2.40. The Hall–Kier alpha value is -2.08. The normalized spacial score (nSPS) is 10.9. The number of carbonyl (C=O) groups excluding carboxylic acids is 2. The highest BCUT2D eigenvalue weighted by molar-refractivity contribution is 5.94. The Balaban J connectivity index is 2.81. The second-order valence-electron chi connectivity index (χ2n) is 6.57.